The van der Waals surface area contributed by atoms with Crippen molar-refractivity contribution in [1.82, 2.24) is 4.90 Å². The quantitative estimate of drug-likeness (QED) is 0.892. The zero-order valence-corrected chi connectivity index (χ0v) is 12.5. The molecule has 19 heavy (non-hydrogen) atoms. The molecular formula is C15H23ClN2O. The number of rotatable bonds is 5. The molecular weight excluding hydrogens is 260 g/mol. The number of hydrogen-bond acceptors (Lipinski definition) is 3. The van der Waals surface area contributed by atoms with Gasteiger partial charge in [-0.1, -0.05) is 18.5 Å². The van der Waals surface area contributed by atoms with Gasteiger partial charge in [0.15, 0.2) is 0 Å². The molecule has 0 aromatic heterocycles. The van der Waals surface area contributed by atoms with Crippen LogP contribution in [-0.2, 0) is 0 Å². The highest BCUT2D eigenvalue weighted by atomic mass is 35.5. The van der Waals surface area contributed by atoms with Crippen LogP contribution in [0, 0.1) is 0 Å². The largest absolute Gasteiger partial charge is 0.497 e. The number of ether oxygens (including phenoxy) is 1. The normalized spacial score (nSPS) is 17.4. The molecule has 0 spiro atoms. The smallest absolute Gasteiger partial charge is 0.121 e. The van der Waals surface area contributed by atoms with Gasteiger partial charge in [-0.3, -0.25) is 0 Å². The molecule has 0 unspecified atom stereocenters. The van der Waals surface area contributed by atoms with Gasteiger partial charge in [0.1, 0.15) is 5.75 Å². The third-order valence-corrected chi connectivity index (χ3v) is 3.99. The summed E-state index contributed by atoms with van der Waals surface area (Å²) >= 11 is 6.22. The summed E-state index contributed by atoms with van der Waals surface area (Å²) in [5.74, 6) is 0.843. The Morgan fingerprint density at radius 2 is 2.11 bits per heavy atom. The molecule has 0 atom stereocenters. The van der Waals surface area contributed by atoms with Crippen LogP contribution in [0.1, 0.15) is 26.2 Å². The molecule has 0 saturated carbocycles. The van der Waals surface area contributed by atoms with Gasteiger partial charge in [0.25, 0.3) is 0 Å². The zero-order valence-electron chi connectivity index (χ0n) is 11.8. The third-order valence-electron chi connectivity index (χ3n) is 3.66. The molecule has 1 saturated heterocycles. The Morgan fingerprint density at radius 1 is 1.37 bits per heavy atom. The van der Waals surface area contributed by atoms with E-state index in [1.165, 1.54) is 38.9 Å². The summed E-state index contributed by atoms with van der Waals surface area (Å²) in [6.45, 7) is 5.80. The van der Waals surface area contributed by atoms with E-state index in [1.54, 1.807) is 7.11 Å². The Morgan fingerprint density at radius 3 is 2.74 bits per heavy atom. The Balaban J connectivity index is 1.91. The number of hydrogen-bond donors (Lipinski definition) is 1. The molecule has 1 aromatic rings. The van der Waals surface area contributed by atoms with Crippen LogP contribution in [0.15, 0.2) is 18.2 Å². The second-order valence-electron chi connectivity index (χ2n) is 5.11. The van der Waals surface area contributed by atoms with Gasteiger partial charge in [-0.25, -0.2) is 0 Å². The number of benzene rings is 1. The molecule has 0 amide bonds. The van der Waals surface area contributed by atoms with Crippen molar-refractivity contribution >= 4 is 17.3 Å². The van der Waals surface area contributed by atoms with Gasteiger partial charge in [0.2, 0.25) is 0 Å². The van der Waals surface area contributed by atoms with Crippen LogP contribution in [0.5, 0.6) is 5.75 Å². The van der Waals surface area contributed by atoms with Crippen molar-refractivity contribution in [3.8, 4) is 5.75 Å². The van der Waals surface area contributed by atoms with Crippen LogP contribution in [-0.4, -0.2) is 37.7 Å². The average molecular weight is 283 g/mol. The molecule has 1 aliphatic rings. The minimum atomic E-state index is 0.512. The van der Waals surface area contributed by atoms with E-state index in [9.17, 15) is 0 Å². The van der Waals surface area contributed by atoms with Crippen LogP contribution in [0.4, 0.5) is 5.69 Å². The molecule has 0 bridgehead atoms. The van der Waals surface area contributed by atoms with Crippen molar-refractivity contribution in [2.24, 2.45) is 0 Å². The predicted octanol–water partition coefficient (Wildman–Crippen LogP) is 3.63. The highest BCUT2D eigenvalue weighted by molar-refractivity contribution is 6.33. The minimum absolute atomic E-state index is 0.512. The van der Waals surface area contributed by atoms with Crippen molar-refractivity contribution in [3.05, 3.63) is 23.2 Å². The van der Waals surface area contributed by atoms with Gasteiger partial charge in [0.05, 0.1) is 17.8 Å². The molecule has 4 heteroatoms. The van der Waals surface area contributed by atoms with Gasteiger partial charge in [0, 0.05) is 25.2 Å². The van der Waals surface area contributed by atoms with Gasteiger partial charge >= 0.3 is 0 Å². The molecule has 0 aliphatic carbocycles. The predicted molar refractivity (Wildman–Crippen MR) is 81.4 cm³/mol. The molecule has 1 aliphatic heterocycles. The second kappa shape index (κ2) is 7.01. The first-order valence-electron chi connectivity index (χ1n) is 7.05. The van der Waals surface area contributed by atoms with Gasteiger partial charge in [-0.05, 0) is 37.9 Å². The van der Waals surface area contributed by atoms with E-state index >= 15 is 0 Å². The van der Waals surface area contributed by atoms with E-state index in [4.69, 9.17) is 16.3 Å². The SMILES string of the molecule is CCCN1CCC(Nc2cc(OC)ccc2Cl)CC1. The maximum absolute atomic E-state index is 6.22. The highest BCUT2D eigenvalue weighted by Crippen LogP contribution is 2.28. The molecule has 1 fully saturated rings. The van der Waals surface area contributed by atoms with Crippen LogP contribution in [0.25, 0.3) is 0 Å². The number of anilines is 1. The lowest BCUT2D eigenvalue weighted by Gasteiger charge is -2.32. The van der Waals surface area contributed by atoms with E-state index in [0.717, 1.165) is 16.5 Å². The van der Waals surface area contributed by atoms with E-state index < -0.39 is 0 Å². The number of halogens is 1. The Hall–Kier alpha value is -0.930. The standard InChI is InChI=1S/C15H23ClN2O/c1-3-8-18-9-6-12(7-10-18)17-15-11-13(19-2)4-5-14(15)16/h4-5,11-12,17H,3,6-10H2,1-2H3. The fraction of sp³-hybridized carbons (Fsp3) is 0.600. The lowest BCUT2D eigenvalue weighted by Crippen LogP contribution is -2.39. The van der Waals surface area contributed by atoms with E-state index in [0.29, 0.717) is 6.04 Å². The van der Waals surface area contributed by atoms with Crippen LogP contribution < -0.4 is 10.1 Å². The van der Waals surface area contributed by atoms with Crippen LogP contribution in [0.3, 0.4) is 0 Å². The first-order valence-corrected chi connectivity index (χ1v) is 7.43. The van der Waals surface area contributed by atoms with E-state index in [1.807, 2.05) is 18.2 Å². The molecule has 1 N–H and O–H groups in total. The topological polar surface area (TPSA) is 24.5 Å². The number of nitrogens with one attached hydrogen (secondary N) is 1. The summed E-state index contributed by atoms with van der Waals surface area (Å²) in [7, 11) is 1.68. The van der Waals surface area contributed by atoms with Crippen LogP contribution >= 0.6 is 11.6 Å². The molecule has 0 radical (unpaired) electrons. The van der Waals surface area contributed by atoms with E-state index in [-0.39, 0.29) is 0 Å². The summed E-state index contributed by atoms with van der Waals surface area (Å²) in [6, 6.07) is 6.25. The lowest BCUT2D eigenvalue weighted by molar-refractivity contribution is 0.219. The third kappa shape index (κ3) is 4.02. The molecule has 1 heterocycles. The van der Waals surface area contributed by atoms with Crippen molar-refractivity contribution in [3.63, 3.8) is 0 Å². The monoisotopic (exact) mass is 282 g/mol. The number of piperidine rings is 1. The molecule has 2 rings (SSSR count). The molecule has 106 valence electrons. The van der Waals surface area contributed by atoms with Crippen LogP contribution in [0.2, 0.25) is 5.02 Å². The summed E-state index contributed by atoms with van der Waals surface area (Å²) in [6.07, 6.45) is 3.58. The molecule has 1 aromatic carbocycles. The zero-order chi connectivity index (χ0) is 13.7. The summed E-state index contributed by atoms with van der Waals surface area (Å²) < 4.78 is 5.24. The maximum atomic E-state index is 6.22. The molecule has 3 nitrogen and oxygen atoms in total. The first kappa shape index (κ1) is 14.5. The summed E-state index contributed by atoms with van der Waals surface area (Å²) in [5, 5.41) is 4.31. The van der Waals surface area contributed by atoms with Crippen molar-refractivity contribution < 1.29 is 4.74 Å². The van der Waals surface area contributed by atoms with Crippen molar-refractivity contribution in [1.29, 1.82) is 0 Å². The number of nitrogens with zero attached hydrogens (tertiary/aromatic N) is 1. The first-order chi connectivity index (χ1) is 9.22. The van der Waals surface area contributed by atoms with Crippen molar-refractivity contribution in [2.75, 3.05) is 32.1 Å². The average Bonchev–Trinajstić information content (AvgIpc) is 2.44. The Labute approximate surface area is 120 Å². The second-order valence-corrected chi connectivity index (χ2v) is 5.51. The van der Waals surface area contributed by atoms with Crippen molar-refractivity contribution in [2.45, 2.75) is 32.2 Å². The minimum Gasteiger partial charge on any atom is -0.497 e. The highest BCUT2D eigenvalue weighted by Gasteiger charge is 2.19. The van der Waals surface area contributed by atoms with E-state index in [2.05, 4.69) is 17.1 Å². The Bertz CT molecular complexity index is 403. The number of likely N-dealkylation sites (tertiary alicyclic amines) is 1. The van der Waals surface area contributed by atoms with Gasteiger partial charge in [-0.15, -0.1) is 0 Å². The van der Waals surface area contributed by atoms with Gasteiger partial charge < -0.3 is 15.0 Å². The fourth-order valence-electron chi connectivity index (χ4n) is 2.58. The lowest BCUT2D eigenvalue weighted by atomic mass is 10.0. The Kier molecular flexibility index (Phi) is 5.34. The summed E-state index contributed by atoms with van der Waals surface area (Å²) in [5.41, 5.74) is 0.981. The number of methoxy groups -OCH3 is 1. The van der Waals surface area contributed by atoms with Gasteiger partial charge in [-0.2, -0.15) is 0 Å². The fourth-order valence-corrected chi connectivity index (χ4v) is 2.75. The summed E-state index contributed by atoms with van der Waals surface area (Å²) in [4.78, 5) is 2.53. The maximum Gasteiger partial charge on any atom is 0.121 e.